The number of phenolic OH excluding ortho intramolecular Hbond substituents is 1. The quantitative estimate of drug-likeness (QED) is 0.454. The van der Waals surface area contributed by atoms with E-state index in [1.165, 1.54) is 11.0 Å². The molecule has 0 saturated carbocycles. The predicted molar refractivity (Wildman–Crippen MR) is 129 cm³/mol. The summed E-state index contributed by atoms with van der Waals surface area (Å²) in [7, 11) is 1.55. The SMILES string of the molecule is CCCCNC(=O)C(c1ccc(O)c(C)c1)N(C)C(=O)C(CC(C)C)NC(=O)OC(C)(C)C. The molecule has 33 heavy (non-hydrogen) atoms. The topological polar surface area (TPSA) is 108 Å². The number of nitrogens with one attached hydrogen (secondary N) is 2. The van der Waals surface area contributed by atoms with Crippen molar-refractivity contribution in [2.24, 2.45) is 5.92 Å². The number of phenols is 1. The van der Waals surface area contributed by atoms with Crippen molar-refractivity contribution in [3.63, 3.8) is 0 Å². The Morgan fingerprint density at radius 2 is 1.82 bits per heavy atom. The molecule has 0 aliphatic heterocycles. The summed E-state index contributed by atoms with van der Waals surface area (Å²) in [5, 5.41) is 15.5. The van der Waals surface area contributed by atoms with E-state index < -0.39 is 29.7 Å². The van der Waals surface area contributed by atoms with Crippen LogP contribution in [0, 0.1) is 12.8 Å². The number of unbranched alkanes of at least 4 members (excludes halogenated alkanes) is 1. The summed E-state index contributed by atoms with van der Waals surface area (Å²) >= 11 is 0. The van der Waals surface area contributed by atoms with Gasteiger partial charge in [-0.25, -0.2) is 4.79 Å². The highest BCUT2D eigenvalue weighted by molar-refractivity contribution is 5.92. The fourth-order valence-electron chi connectivity index (χ4n) is 3.40. The Kier molecular flexibility index (Phi) is 10.7. The first-order valence-corrected chi connectivity index (χ1v) is 11.6. The van der Waals surface area contributed by atoms with Crippen LogP contribution in [-0.2, 0) is 14.3 Å². The number of amides is 3. The van der Waals surface area contributed by atoms with Gasteiger partial charge in [-0.3, -0.25) is 9.59 Å². The Bertz CT molecular complexity index is 817. The van der Waals surface area contributed by atoms with E-state index in [2.05, 4.69) is 10.6 Å². The standard InChI is InChI=1S/C25H41N3O5/c1-9-10-13-26-22(30)21(18-11-12-20(29)17(4)15-18)28(8)23(31)19(14-16(2)3)27-24(32)33-25(5,6)7/h11-12,15-16,19,21,29H,9-10,13-14H2,1-8H3,(H,26,30)(H,27,32). The molecule has 0 aliphatic carbocycles. The lowest BCUT2D eigenvalue weighted by Crippen LogP contribution is -2.52. The van der Waals surface area contributed by atoms with Gasteiger partial charge in [0, 0.05) is 13.6 Å². The Morgan fingerprint density at radius 3 is 2.33 bits per heavy atom. The van der Waals surface area contributed by atoms with Crippen molar-refractivity contribution >= 4 is 17.9 Å². The Balaban J connectivity index is 3.24. The zero-order chi connectivity index (χ0) is 25.3. The van der Waals surface area contributed by atoms with Crippen molar-refractivity contribution in [3.8, 4) is 5.75 Å². The summed E-state index contributed by atoms with van der Waals surface area (Å²) in [5.74, 6) is -0.474. The van der Waals surface area contributed by atoms with E-state index in [9.17, 15) is 19.5 Å². The van der Waals surface area contributed by atoms with Crippen molar-refractivity contribution in [2.45, 2.75) is 85.4 Å². The molecule has 0 aromatic heterocycles. The number of likely N-dealkylation sites (N-methyl/N-ethyl adjacent to an activating group) is 1. The summed E-state index contributed by atoms with van der Waals surface area (Å²) in [5.41, 5.74) is 0.480. The largest absolute Gasteiger partial charge is 0.508 e. The molecule has 8 heteroatoms. The van der Waals surface area contributed by atoms with E-state index in [1.807, 2.05) is 20.8 Å². The van der Waals surface area contributed by atoms with Crippen molar-refractivity contribution in [3.05, 3.63) is 29.3 Å². The number of aryl methyl sites for hydroxylation is 1. The summed E-state index contributed by atoms with van der Waals surface area (Å²) in [4.78, 5) is 40.4. The fraction of sp³-hybridized carbons (Fsp3) is 0.640. The number of carbonyl (C=O) groups is 3. The molecule has 0 fully saturated rings. The highest BCUT2D eigenvalue weighted by Crippen LogP contribution is 2.26. The molecule has 1 rings (SSSR count). The third-order valence-corrected chi connectivity index (χ3v) is 5.05. The Hall–Kier alpha value is -2.77. The lowest BCUT2D eigenvalue weighted by atomic mass is 9.98. The smallest absolute Gasteiger partial charge is 0.408 e. The first-order valence-electron chi connectivity index (χ1n) is 11.6. The van der Waals surface area contributed by atoms with Crippen LogP contribution in [0.4, 0.5) is 4.79 Å². The number of benzene rings is 1. The molecule has 0 bridgehead atoms. The summed E-state index contributed by atoms with van der Waals surface area (Å²) in [6.45, 7) is 13.4. The highest BCUT2D eigenvalue weighted by atomic mass is 16.6. The van der Waals surface area contributed by atoms with E-state index in [-0.39, 0.29) is 17.6 Å². The molecular weight excluding hydrogens is 422 g/mol. The monoisotopic (exact) mass is 463 g/mol. The minimum atomic E-state index is -0.913. The number of rotatable bonds is 10. The van der Waals surface area contributed by atoms with Crippen LogP contribution in [0.2, 0.25) is 0 Å². The van der Waals surface area contributed by atoms with Crippen molar-refractivity contribution in [1.29, 1.82) is 0 Å². The van der Waals surface area contributed by atoms with Crippen LogP contribution < -0.4 is 10.6 Å². The van der Waals surface area contributed by atoms with Gasteiger partial charge in [-0.05, 0) is 69.7 Å². The Morgan fingerprint density at radius 1 is 1.18 bits per heavy atom. The van der Waals surface area contributed by atoms with Gasteiger partial charge in [-0.15, -0.1) is 0 Å². The molecule has 0 spiro atoms. The molecular formula is C25H41N3O5. The van der Waals surface area contributed by atoms with Crippen LogP contribution in [0.5, 0.6) is 5.75 Å². The average Bonchev–Trinajstić information content (AvgIpc) is 2.68. The summed E-state index contributed by atoms with van der Waals surface area (Å²) in [6, 6.07) is 3.08. The minimum Gasteiger partial charge on any atom is -0.508 e. The van der Waals surface area contributed by atoms with Gasteiger partial charge in [0.25, 0.3) is 0 Å². The fourth-order valence-corrected chi connectivity index (χ4v) is 3.40. The highest BCUT2D eigenvalue weighted by Gasteiger charge is 2.34. The average molecular weight is 464 g/mol. The molecule has 1 aromatic carbocycles. The van der Waals surface area contributed by atoms with Crippen LogP contribution in [0.15, 0.2) is 18.2 Å². The van der Waals surface area contributed by atoms with Gasteiger partial charge in [0.05, 0.1) is 0 Å². The second-order valence-corrected chi connectivity index (χ2v) is 9.87. The molecule has 2 atom stereocenters. The third-order valence-electron chi connectivity index (χ3n) is 5.05. The number of nitrogens with zero attached hydrogens (tertiary/aromatic N) is 1. The van der Waals surface area contributed by atoms with Crippen molar-refractivity contribution in [1.82, 2.24) is 15.5 Å². The normalized spacial score (nSPS) is 13.2. The number of carbonyl (C=O) groups excluding carboxylic acids is 3. The van der Waals surface area contributed by atoms with Crippen molar-refractivity contribution < 1.29 is 24.2 Å². The molecule has 0 saturated heterocycles. The molecule has 8 nitrogen and oxygen atoms in total. The zero-order valence-corrected chi connectivity index (χ0v) is 21.3. The second-order valence-electron chi connectivity index (χ2n) is 9.87. The number of hydrogen-bond acceptors (Lipinski definition) is 5. The van der Waals surface area contributed by atoms with Crippen molar-refractivity contribution in [2.75, 3.05) is 13.6 Å². The minimum absolute atomic E-state index is 0.113. The van der Waals surface area contributed by atoms with Crippen LogP contribution in [0.25, 0.3) is 0 Å². The van der Waals surface area contributed by atoms with E-state index in [4.69, 9.17) is 4.74 Å². The molecule has 0 aliphatic rings. The van der Waals surface area contributed by atoms with Gasteiger partial charge in [-0.2, -0.15) is 0 Å². The molecule has 2 unspecified atom stereocenters. The van der Waals surface area contributed by atoms with Gasteiger partial charge in [0.15, 0.2) is 0 Å². The van der Waals surface area contributed by atoms with Crippen LogP contribution in [0.3, 0.4) is 0 Å². The van der Waals surface area contributed by atoms with Gasteiger partial charge in [0.2, 0.25) is 11.8 Å². The molecule has 0 radical (unpaired) electrons. The van der Waals surface area contributed by atoms with Crippen LogP contribution >= 0.6 is 0 Å². The summed E-state index contributed by atoms with van der Waals surface area (Å²) in [6.07, 6.45) is 1.45. The lowest BCUT2D eigenvalue weighted by Gasteiger charge is -2.32. The predicted octanol–water partition coefficient (Wildman–Crippen LogP) is 4.06. The maximum absolute atomic E-state index is 13.5. The molecule has 0 heterocycles. The molecule has 3 amide bonds. The van der Waals surface area contributed by atoms with E-state index >= 15 is 0 Å². The van der Waals surface area contributed by atoms with E-state index in [1.54, 1.807) is 46.9 Å². The number of aromatic hydroxyl groups is 1. The molecule has 1 aromatic rings. The summed E-state index contributed by atoms with van der Waals surface area (Å²) < 4.78 is 5.34. The maximum Gasteiger partial charge on any atom is 0.408 e. The Labute approximate surface area is 198 Å². The lowest BCUT2D eigenvalue weighted by molar-refractivity contribution is -0.141. The van der Waals surface area contributed by atoms with Gasteiger partial charge in [-0.1, -0.05) is 33.3 Å². The second kappa shape index (κ2) is 12.5. The van der Waals surface area contributed by atoms with E-state index in [0.29, 0.717) is 24.1 Å². The van der Waals surface area contributed by atoms with E-state index in [0.717, 1.165) is 12.8 Å². The third kappa shape index (κ3) is 9.32. The number of ether oxygens (including phenoxy) is 1. The van der Waals surface area contributed by atoms with Gasteiger partial charge >= 0.3 is 6.09 Å². The van der Waals surface area contributed by atoms with Gasteiger partial charge < -0.3 is 25.4 Å². The first kappa shape index (κ1) is 28.3. The first-order chi connectivity index (χ1) is 15.3. The molecule has 186 valence electrons. The molecule has 3 N–H and O–H groups in total. The van der Waals surface area contributed by atoms with Gasteiger partial charge in [0.1, 0.15) is 23.4 Å². The van der Waals surface area contributed by atoms with Crippen LogP contribution in [0.1, 0.15) is 78.0 Å². The number of alkyl carbamates (subject to hydrolysis) is 1. The zero-order valence-electron chi connectivity index (χ0n) is 21.3. The van der Waals surface area contributed by atoms with Crippen LogP contribution in [-0.4, -0.2) is 53.1 Å². The maximum atomic E-state index is 13.5. The number of hydrogen-bond donors (Lipinski definition) is 3.